The van der Waals surface area contributed by atoms with Gasteiger partial charge in [-0.2, -0.15) is 0 Å². The van der Waals surface area contributed by atoms with Crippen LogP contribution in [0.1, 0.15) is 31.2 Å². The molecule has 2 rings (SSSR count). The van der Waals surface area contributed by atoms with Gasteiger partial charge in [0.05, 0.1) is 10.7 Å². The summed E-state index contributed by atoms with van der Waals surface area (Å²) in [6.45, 7) is 4.03. The SMILES string of the molecule is Cc1cc(Cl)cc(Cl)c1NC(=S)N1CCCCCC1. The number of nitrogens with one attached hydrogen (secondary N) is 1. The first-order valence-corrected chi connectivity index (χ1v) is 7.76. The standard InChI is InChI=1S/C14H18Cl2N2S/c1-10-8-11(15)9-12(16)13(10)17-14(19)18-6-4-2-3-5-7-18/h8-9H,2-7H2,1H3,(H,17,19). The van der Waals surface area contributed by atoms with Crippen molar-refractivity contribution in [2.45, 2.75) is 32.6 Å². The van der Waals surface area contributed by atoms with Crippen LogP contribution in [0.3, 0.4) is 0 Å². The quantitative estimate of drug-likeness (QED) is 0.744. The van der Waals surface area contributed by atoms with Crippen molar-refractivity contribution in [1.29, 1.82) is 0 Å². The van der Waals surface area contributed by atoms with E-state index in [9.17, 15) is 0 Å². The van der Waals surface area contributed by atoms with Gasteiger partial charge < -0.3 is 10.2 Å². The molecule has 1 aliphatic rings. The molecule has 0 aliphatic carbocycles. The highest BCUT2D eigenvalue weighted by Gasteiger charge is 2.14. The van der Waals surface area contributed by atoms with Crippen LogP contribution in [0, 0.1) is 6.92 Å². The number of benzene rings is 1. The van der Waals surface area contributed by atoms with Crippen LogP contribution in [0.2, 0.25) is 10.0 Å². The second-order valence-electron chi connectivity index (χ2n) is 4.91. The highest BCUT2D eigenvalue weighted by Crippen LogP contribution is 2.30. The summed E-state index contributed by atoms with van der Waals surface area (Å²) in [6, 6.07) is 3.63. The molecule has 1 aromatic rings. The summed E-state index contributed by atoms with van der Waals surface area (Å²) in [4.78, 5) is 2.23. The van der Waals surface area contributed by atoms with Crippen molar-refractivity contribution in [3.63, 3.8) is 0 Å². The molecule has 0 radical (unpaired) electrons. The van der Waals surface area contributed by atoms with Crippen LogP contribution >= 0.6 is 35.4 Å². The van der Waals surface area contributed by atoms with Crippen molar-refractivity contribution < 1.29 is 0 Å². The molecule has 0 spiro atoms. The van der Waals surface area contributed by atoms with E-state index in [0.29, 0.717) is 10.0 Å². The zero-order chi connectivity index (χ0) is 13.8. The average Bonchev–Trinajstić information content (AvgIpc) is 2.62. The Labute approximate surface area is 130 Å². The molecule has 0 amide bonds. The molecule has 1 aliphatic heterocycles. The van der Waals surface area contributed by atoms with Crippen LogP contribution in [0.25, 0.3) is 0 Å². The van der Waals surface area contributed by atoms with Crippen molar-refractivity contribution >= 4 is 46.2 Å². The fourth-order valence-electron chi connectivity index (χ4n) is 2.32. The molecular formula is C14H18Cl2N2S. The van der Waals surface area contributed by atoms with Crippen LogP contribution in [0.15, 0.2) is 12.1 Å². The van der Waals surface area contributed by atoms with Gasteiger partial charge in [0.1, 0.15) is 0 Å². The van der Waals surface area contributed by atoms with Gasteiger partial charge in [0, 0.05) is 18.1 Å². The lowest BCUT2D eigenvalue weighted by Crippen LogP contribution is -2.35. The highest BCUT2D eigenvalue weighted by atomic mass is 35.5. The number of likely N-dealkylation sites (tertiary alicyclic amines) is 1. The molecule has 1 aromatic carbocycles. The molecule has 2 nitrogen and oxygen atoms in total. The fraction of sp³-hybridized carbons (Fsp3) is 0.500. The summed E-state index contributed by atoms with van der Waals surface area (Å²) in [6.07, 6.45) is 4.99. The maximum Gasteiger partial charge on any atom is 0.173 e. The van der Waals surface area contributed by atoms with E-state index in [1.807, 2.05) is 13.0 Å². The third-order valence-electron chi connectivity index (χ3n) is 3.38. The molecule has 1 heterocycles. The number of nitrogens with zero attached hydrogens (tertiary/aromatic N) is 1. The molecule has 1 N–H and O–H groups in total. The van der Waals surface area contributed by atoms with Gasteiger partial charge in [-0.3, -0.25) is 0 Å². The van der Waals surface area contributed by atoms with Crippen molar-refractivity contribution in [1.82, 2.24) is 4.90 Å². The molecular weight excluding hydrogens is 299 g/mol. The normalized spacial score (nSPS) is 16.1. The first-order chi connectivity index (χ1) is 9.08. The molecule has 0 unspecified atom stereocenters. The molecule has 0 aromatic heterocycles. The number of anilines is 1. The van der Waals surface area contributed by atoms with Crippen LogP contribution in [0.5, 0.6) is 0 Å². The number of halogens is 2. The highest BCUT2D eigenvalue weighted by molar-refractivity contribution is 7.80. The minimum absolute atomic E-state index is 0.613. The monoisotopic (exact) mass is 316 g/mol. The lowest BCUT2D eigenvalue weighted by molar-refractivity contribution is 0.441. The van der Waals surface area contributed by atoms with Gasteiger partial charge in [0.2, 0.25) is 0 Å². The first-order valence-electron chi connectivity index (χ1n) is 6.59. The van der Waals surface area contributed by atoms with E-state index in [4.69, 9.17) is 35.4 Å². The van der Waals surface area contributed by atoms with E-state index < -0.39 is 0 Å². The summed E-state index contributed by atoms with van der Waals surface area (Å²) < 4.78 is 0. The van der Waals surface area contributed by atoms with Crippen LogP contribution in [0.4, 0.5) is 5.69 Å². The number of aryl methyl sites for hydroxylation is 1. The summed E-state index contributed by atoms with van der Waals surface area (Å²) in [5.41, 5.74) is 1.87. The topological polar surface area (TPSA) is 15.3 Å². The number of hydrogen-bond acceptors (Lipinski definition) is 1. The van der Waals surface area contributed by atoms with Gasteiger partial charge in [0.25, 0.3) is 0 Å². The van der Waals surface area contributed by atoms with Crippen molar-refractivity contribution in [2.75, 3.05) is 18.4 Å². The summed E-state index contributed by atoms with van der Waals surface area (Å²) in [5, 5.41) is 5.29. The van der Waals surface area contributed by atoms with Gasteiger partial charge in [-0.05, 0) is 49.7 Å². The molecule has 19 heavy (non-hydrogen) atoms. The smallest absolute Gasteiger partial charge is 0.173 e. The molecule has 0 saturated carbocycles. The third kappa shape index (κ3) is 3.98. The Morgan fingerprint density at radius 1 is 1.16 bits per heavy atom. The molecule has 5 heteroatoms. The number of hydrogen-bond donors (Lipinski definition) is 1. The molecule has 0 bridgehead atoms. The Balaban J connectivity index is 2.10. The van der Waals surface area contributed by atoms with E-state index >= 15 is 0 Å². The van der Waals surface area contributed by atoms with Crippen molar-refractivity contribution in [3.8, 4) is 0 Å². The Bertz CT molecular complexity index is 446. The van der Waals surface area contributed by atoms with Gasteiger partial charge in [0.15, 0.2) is 5.11 Å². The third-order valence-corrected chi connectivity index (χ3v) is 4.25. The second-order valence-corrected chi connectivity index (χ2v) is 6.14. The van der Waals surface area contributed by atoms with Gasteiger partial charge in [-0.1, -0.05) is 36.0 Å². The van der Waals surface area contributed by atoms with Crippen molar-refractivity contribution in [3.05, 3.63) is 27.7 Å². The van der Waals surface area contributed by atoms with Crippen LogP contribution in [-0.2, 0) is 0 Å². The number of rotatable bonds is 1. The predicted molar refractivity (Wildman–Crippen MR) is 87.5 cm³/mol. The number of thiocarbonyl (C=S) groups is 1. The summed E-state index contributed by atoms with van der Waals surface area (Å²) >= 11 is 17.7. The predicted octanol–water partition coefficient (Wildman–Crippen LogP) is 4.87. The Morgan fingerprint density at radius 3 is 2.37 bits per heavy atom. The largest absolute Gasteiger partial charge is 0.349 e. The Morgan fingerprint density at radius 2 is 1.79 bits per heavy atom. The molecule has 0 atom stereocenters. The fourth-order valence-corrected chi connectivity index (χ4v) is 3.25. The zero-order valence-electron chi connectivity index (χ0n) is 11.0. The minimum atomic E-state index is 0.613. The first kappa shape index (κ1) is 14.9. The Hall–Kier alpha value is -0.510. The maximum absolute atomic E-state index is 6.22. The van der Waals surface area contributed by atoms with Gasteiger partial charge >= 0.3 is 0 Å². The van der Waals surface area contributed by atoms with Crippen LogP contribution in [-0.4, -0.2) is 23.1 Å². The van der Waals surface area contributed by atoms with E-state index in [0.717, 1.165) is 29.5 Å². The van der Waals surface area contributed by atoms with E-state index in [1.54, 1.807) is 6.07 Å². The van der Waals surface area contributed by atoms with E-state index in [2.05, 4.69) is 10.2 Å². The Kier molecular flexibility index (Phi) is 5.31. The lowest BCUT2D eigenvalue weighted by Gasteiger charge is -2.25. The van der Waals surface area contributed by atoms with Crippen molar-refractivity contribution in [2.24, 2.45) is 0 Å². The second kappa shape index (κ2) is 6.78. The zero-order valence-corrected chi connectivity index (χ0v) is 13.3. The van der Waals surface area contributed by atoms with Crippen LogP contribution < -0.4 is 5.32 Å². The summed E-state index contributed by atoms with van der Waals surface area (Å²) in [5.74, 6) is 0. The summed E-state index contributed by atoms with van der Waals surface area (Å²) in [7, 11) is 0. The maximum atomic E-state index is 6.22. The molecule has 104 valence electrons. The van der Waals surface area contributed by atoms with Gasteiger partial charge in [-0.25, -0.2) is 0 Å². The minimum Gasteiger partial charge on any atom is -0.349 e. The molecule has 1 saturated heterocycles. The molecule has 1 fully saturated rings. The van der Waals surface area contributed by atoms with Gasteiger partial charge in [-0.15, -0.1) is 0 Å². The average molecular weight is 317 g/mol. The lowest BCUT2D eigenvalue weighted by atomic mass is 10.2. The van der Waals surface area contributed by atoms with E-state index in [-0.39, 0.29) is 0 Å². The van der Waals surface area contributed by atoms with E-state index in [1.165, 1.54) is 25.7 Å².